The average Bonchev–Trinajstić information content (AvgIpc) is 2.92. The monoisotopic (exact) mass is 298 g/mol. The van der Waals surface area contributed by atoms with Crippen LogP contribution in [0, 0.1) is 12.7 Å². The Morgan fingerprint density at radius 1 is 1.27 bits per heavy atom. The van der Waals surface area contributed by atoms with Crippen molar-refractivity contribution in [2.45, 2.75) is 6.92 Å². The SMILES string of the molecule is Cc1cc(N)c(F)cc1Oc1ccnc(-c2cnn(C)c2)c1. The molecule has 1 aromatic carbocycles. The van der Waals surface area contributed by atoms with Crippen LogP contribution in [0.4, 0.5) is 10.1 Å². The molecule has 6 heteroatoms. The molecule has 0 aliphatic carbocycles. The van der Waals surface area contributed by atoms with E-state index in [1.54, 1.807) is 35.3 Å². The number of anilines is 1. The van der Waals surface area contributed by atoms with E-state index in [1.807, 2.05) is 20.2 Å². The van der Waals surface area contributed by atoms with Crippen molar-refractivity contribution in [2.75, 3.05) is 5.73 Å². The number of rotatable bonds is 3. The van der Waals surface area contributed by atoms with Gasteiger partial charge in [0.05, 0.1) is 17.6 Å². The molecule has 0 aliphatic rings. The molecule has 5 nitrogen and oxygen atoms in total. The highest BCUT2D eigenvalue weighted by Crippen LogP contribution is 2.30. The van der Waals surface area contributed by atoms with E-state index in [9.17, 15) is 4.39 Å². The minimum atomic E-state index is -0.498. The van der Waals surface area contributed by atoms with Crippen LogP contribution in [-0.4, -0.2) is 14.8 Å². The number of ether oxygens (including phenoxy) is 1. The Bertz CT molecular complexity index is 829. The van der Waals surface area contributed by atoms with Crippen LogP contribution in [0.2, 0.25) is 0 Å². The minimum absolute atomic E-state index is 0.107. The maximum atomic E-state index is 13.6. The lowest BCUT2D eigenvalue weighted by atomic mass is 10.2. The van der Waals surface area contributed by atoms with Crippen molar-refractivity contribution < 1.29 is 9.13 Å². The van der Waals surface area contributed by atoms with Gasteiger partial charge >= 0.3 is 0 Å². The normalized spacial score (nSPS) is 10.7. The van der Waals surface area contributed by atoms with E-state index in [4.69, 9.17) is 10.5 Å². The number of nitrogen functional groups attached to an aromatic ring is 1. The van der Waals surface area contributed by atoms with E-state index in [0.717, 1.165) is 16.8 Å². The van der Waals surface area contributed by atoms with Crippen molar-refractivity contribution in [3.05, 3.63) is 54.2 Å². The number of nitrogens with two attached hydrogens (primary N) is 1. The van der Waals surface area contributed by atoms with Gasteiger partial charge < -0.3 is 10.5 Å². The van der Waals surface area contributed by atoms with Gasteiger partial charge in [-0.1, -0.05) is 0 Å². The van der Waals surface area contributed by atoms with Crippen LogP contribution < -0.4 is 10.5 Å². The summed E-state index contributed by atoms with van der Waals surface area (Å²) in [5.41, 5.74) is 8.02. The average molecular weight is 298 g/mol. The third-order valence-corrected chi connectivity index (χ3v) is 3.25. The lowest BCUT2D eigenvalue weighted by molar-refractivity contribution is 0.473. The van der Waals surface area contributed by atoms with Gasteiger partial charge in [0.2, 0.25) is 0 Å². The first-order valence-electron chi connectivity index (χ1n) is 6.71. The number of nitrogens with zero attached hydrogens (tertiary/aromatic N) is 3. The Hall–Kier alpha value is -2.89. The highest BCUT2D eigenvalue weighted by atomic mass is 19.1. The number of benzene rings is 1. The topological polar surface area (TPSA) is 66.0 Å². The molecule has 0 amide bonds. The zero-order chi connectivity index (χ0) is 15.7. The molecule has 0 bridgehead atoms. The Labute approximate surface area is 127 Å². The van der Waals surface area contributed by atoms with Crippen molar-refractivity contribution in [2.24, 2.45) is 7.05 Å². The number of hydrogen-bond acceptors (Lipinski definition) is 4. The molecule has 2 N–H and O–H groups in total. The van der Waals surface area contributed by atoms with Crippen molar-refractivity contribution in [3.8, 4) is 22.8 Å². The molecule has 2 aromatic heterocycles. The molecule has 0 unspecified atom stereocenters. The van der Waals surface area contributed by atoms with Gasteiger partial charge in [-0.05, 0) is 24.6 Å². The fourth-order valence-corrected chi connectivity index (χ4v) is 2.11. The summed E-state index contributed by atoms with van der Waals surface area (Å²) in [5, 5.41) is 4.11. The van der Waals surface area contributed by atoms with Gasteiger partial charge in [0.1, 0.15) is 17.3 Å². The Morgan fingerprint density at radius 3 is 2.82 bits per heavy atom. The van der Waals surface area contributed by atoms with Crippen molar-refractivity contribution in [3.63, 3.8) is 0 Å². The maximum absolute atomic E-state index is 13.6. The van der Waals surface area contributed by atoms with Gasteiger partial charge in [-0.25, -0.2) is 4.39 Å². The fourth-order valence-electron chi connectivity index (χ4n) is 2.11. The highest BCUT2D eigenvalue weighted by molar-refractivity contribution is 5.59. The van der Waals surface area contributed by atoms with Crippen molar-refractivity contribution in [1.82, 2.24) is 14.8 Å². The van der Waals surface area contributed by atoms with Crippen LogP contribution in [0.25, 0.3) is 11.3 Å². The summed E-state index contributed by atoms with van der Waals surface area (Å²) >= 11 is 0. The first-order valence-corrected chi connectivity index (χ1v) is 6.71. The van der Waals surface area contributed by atoms with Gasteiger partial charge in [-0.2, -0.15) is 5.10 Å². The molecule has 2 heterocycles. The van der Waals surface area contributed by atoms with Gasteiger partial charge in [-0.15, -0.1) is 0 Å². The quantitative estimate of drug-likeness (QED) is 0.753. The number of aryl methyl sites for hydroxylation is 2. The molecular formula is C16H15FN4O. The molecule has 0 saturated heterocycles. The van der Waals surface area contributed by atoms with E-state index in [-0.39, 0.29) is 5.69 Å². The number of pyridine rings is 1. The Morgan fingerprint density at radius 2 is 2.09 bits per heavy atom. The third kappa shape index (κ3) is 2.76. The van der Waals surface area contributed by atoms with Crippen molar-refractivity contribution in [1.29, 1.82) is 0 Å². The molecule has 3 aromatic rings. The van der Waals surface area contributed by atoms with Crippen LogP contribution in [0.1, 0.15) is 5.56 Å². The van der Waals surface area contributed by atoms with Crippen LogP contribution in [0.15, 0.2) is 42.9 Å². The van der Waals surface area contributed by atoms with Crippen LogP contribution in [0.5, 0.6) is 11.5 Å². The molecule has 0 aliphatic heterocycles. The van der Waals surface area contributed by atoms with Crippen LogP contribution in [0.3, 0.4) is 0 Å². The standard InChI is InChI=1S/C16H15FN4O/c1-10-5-14(18)13(17)7-16(10)22-12-3-4-19-15(6-12)11-8-20-21(2)9-11/h3-9H,18H2,1-2H3. The lowest BCUT2D eigenvalue weighted by Gasteiger charge is -2.10. The van der Waals surface area contributed by atoms with Gasteiger partial charge in [0, 0.05) is 37.1 Å². The van der Waals surface area contributed by atoms with E-state index in [0.29, 0.717) is 11.5 Å². The molecule has 0 fully saturated rings. The summed E-state index contributed by atoms with van der Waals surface area (Å²) in [7, 11) is 1.84. The molecule has 3 rings (SSSR count). The summed E-state index contributed by atoms with van der Waals surface area (Å²) in [4.78, 5) is 4.29. The van der Waals surface area contributed by atoms with E-state index >= 15 is 0 Å². The van der Waals surface area contributed by atoms with Crippen molar-refractivity contribution >= 4 is 5.69 Å². The zero-order valence-corrected chi connectivity index (χ0v) is 12.2. The molecular weight excluding hydrogens is 283 g/mol. The maximum Gasteiger partial charge on any atom is 0.149 e. The molecule has 112 valence electrons. The smallest absolute Gasteiger partial charge is 0.149 e. The summed E-state index contributed by atoms with van der Waals surface area (Å²) < 4.78 is 21.0. The molecule has 0 saturated carbocycles. The summed E-state index contributed by atoms with van der Waals surface area (Å²) in [6, 6.07) is 6.33. The van der Waals surface area contributed by atoms with Gasteiger partial charge in [-0.3, -0.25) is 9.67 Å². The summed E-state index contributed by atoms with van der Waals surface area (Å²) in [6.45, 7) is 1.81. The second-order valence-electron chi connectivity index (χ2n) is 5.02. The largest absolute Gasteiger partial charge is 0.457 e. The molecule has 0 radical (unpaired) electrons. The minimum Gasteiger partial charge on any atom is -0.457 e. The van der Waals surface area contributed by atoms with Gasteiger partial charge in [0.25, 0.3) is 0 Å². The molecule has 0 spiro atoms. The lowest BCUT2D eigenvalue weighted by Crippen LogP contribution is -1.95. The highest BCUT2D eigenvalue weighted by Gasteiger charge is 2.09. The fraction of sp³-hybridized carbons (Fsp3) is 0.125. The number of aromatic nitrogens is 3. The third-order valence-electron chi connectivity index (χ3n) is 3.25. The predicted octanol–water partition coefficient (Wildman–Crippen LogP) is 3.30. The first kappa shape index (κ1) is 14.1. The second kappa shape index (κ2) is 5.48. The summed E-state index contributed by atoms with van der Waals surface area (Å²) in [5.74, 6) is 0.498. The van der Waals surface area contributed by atoms with E-state index in [2.05, 4.69) is 10.1 Å². The number of hydrogen-bond donors (Lipinski definition) is 1. The van der Waals surface area contributed by atoms with E-state index < -0.39 is 5.82 Å². The van der Waals surface area contributed by atoms with Crippen LogP contribution in [-0.2, 0) is 7.05 Å². The number of halogens is 1. The zero-order valence-electron chi connectivity index (χ0n) is 12.2. The predicted molar refractivity (Wildman–Crippen MR) is 82.1 cm³/mol. The van der Waals surface area contributed by atoms with Gasteiger partial charge in [0.15, 0.2) is 0 Å². The van der Waals surface area contributed by atoms with Crippen LogP contribution >= 0.6 is 0 Å². The molecule has 22 heavy (non-hydrogen) atoms. The van der Waals surface area contributed by atoms with E-state index in [1.165, 1.54) is 6.07 Å². The molecule has 0 atom stereocenters. The Kier molecular flexibility index (Phi) is 3.50. The first-order chi connectivity index (χ1) is 10.5. The second-order valence-corrected chi connectivity index (χ2v) is 5.02. The Balaban J connectivity index is 1.92. The summed E-state index contributed by atoms with van der Waals surface area (Å²) in [6.07, 6.45) is 5.22.